The number of nitrogen functional groups attached to an aromatic ring is 1. The van der Waals surface area contributed by atoms with Gasteiger partial charge in [0.05, 0.1) is 5.76 Å². The molecule has 7 heteroatoms. The van der Waals surface area contributed by atoms with E-state index in [-0.39, 0.29) is 11.7 Å². The zero-order chi connectivity index (χ0) is 20.7. The molecule has 3 N–H and O–H groups in total. The minimum absolute atomic E-state index is 0.251. The first-order chi connectivity index (χ1) is 13.3. The first-order valence-electron chi connectivity index (χ1n) is 8.75. The molecule has 0 aliphatic carbocycles. The number of carbonyl (C=O) groups excluding carboxylic acids is 1. The third-order valence-electron chi connectivity index (χ3n) is 3.82. The van der Waals surface area contributed by atoms with Crippen molar-refractivity contribution in [2.45, 2.75) is 20.8 Å². The highest BCUT2D eigenvalue weighted by Gasteiger charge is 2.14. The van der Waals surface area contributed by atoms with Gasteiger partial charge in [-0.25, -0.2) is 4.98 Å². The van der Waals surface area contributed by atoms with Gasteiger partial charge >= 0.3 is 0 Å². The number of carbonyl (C=O) groups is 1. The quantitative estimate of drug-likeness (QED) is 0.539. The molecule has 0 aliphatic rings. The fourth-order valence-corrected chi connectivity index (χ4v) is 2.24. The second kappa shape index (κ2) is 9.36. The van der Waals surface area contributed by atoms with Crippen molar-refractivity contribution in [2.24, 2.45) is 0 Å². The number of allylic oxidation sites excluding steroid dienone is 6. The summed E-state index contributed by atoms with van der Waals surface area (Å²) >= 11 is 0. The number of anilines is 1. The van der Waals surface area contributed by atoms with Gasteiger partial charge in [0.1, 0.15) is 5.82 Å². The predicted molar refractivity (Wildman–Crippen MR) is 112 cm³/mol. The van der Waals surface area contributed by atoms with Crippen LogP contribution in [0.15, 0.2) is 67.0 Å². The van der Waals surface area contributed by atoms with Gasteiger partial charge in [-0.1, -0.05) is 43.0 Å². The number of hydrogen-bond donors (Lipinski definition) is 2. The van der Waals surface area contributed by atoms with E-state index in [1.165, 1.54) is 4.52 Å². The number of pyridine rings is 1. The Hall–Kier alpha value is -3.61. The van der Waals surface area contributed by atoms with Crippen molar-refractivity contribution in [3.63, 3.8) is 0 Å². The van der Waals surface area contributed by atoms with E-state index in [1.54, 1.807) is 31.2 Å². The molecule has 7 nitrogen and oxygen atoms in total. The molecule has 2 aromatic heterocycles. The molecule has 0 aliphatic heterocycles. The second-order valence-electron chi connectivity index (χ2n) is 6.12. The summed E-state index contributed by atoms with van der Waals surface area (Å²) in [6.07, 6.45) is 9.08. The lowest BCUT2D eigenvalue weighted by Gasteiger charge is -2.06. The number of nitrogens with zero attached hydrogens (tertiary/aromatic N) is 3. The Labute approximate surface area is 164 Å². The van der Waals surface area contributed by atoms with E-state index >= 15 is 0 Å². The minimum Gasteiger partial charge on any atom is -0.459 e. The van der Waals surface area contributed by atoms with Crippen LogP contribution in [0.4, 0.5) is 5.82 Å². The van der Waals surface area contributed by atoms with Gasteiger partial charge in [-0.15, -0.1) is 5.10 Å². The molecule has 2 rings (SSSR count). The van der Waals surface area contributed by atoms with Gasteiger partial charge in [0.15, 0.2) is 11.4 Å². The average Bonchev–Trinajstić information content (AvgIpc) is 3.11. The van der Waals surface area contributed by atoms with Crippen molar-refractivity contribution in [3.8, 4) is 0 Å². The van der Waals surface area contributed by atoms with Gasteiger partial charge in [-0.2, -0.15) is 4.52 Å². The normalized spacial score (nSPS) is 12.4. The van der Waals surface area contributed by atoms with E-state index in [0.29, 0.717) is 35.1 Å². The van der Waals surface area contributed by atoms with Gasteiger partial charge < -0.3 is 15.8 Å². The Kier molecular flexibility index (Phi) is 6.92. The van der Waals surface area contributed by atoms with Crippen LogP contribution in [-0.2, 0) is 4.74 Å². The Morgan fingerprint density at radius 2 is 2.11 bits per heavy atom. The molecule has 0 bridgehead atoms. The van der Waals surface area contributed by atoms with Crippen LogP contribution in [-0.4, -0.2) is 27.0 Å². The molecular formula is C21H25N5O2. The number of rotatable bonds is 8. The molecular weight excluding hydrogens is 354 g/mol. The van der Waals surface area contributed by atoms with Crippen LogP contribution in [0.2, 0.25) is 0 Å². The van der Waals surface area contributed by atoms with Gasteiger partial charge in [0, 0.05) is 12.1 Å². The summed E-state index contributed by atoms with van der Waals surface area (Å²) in [5.41, 5.74) is 7.87. The summed E-state index contributed by atoms with van der Waals surface area (Å²) in [4.78, 5) is 16.8. The molecule has 0 aromatic carbocycles. The van der Waals surface area contributed by atoms with Crippen molar-refractivity contribution >= 4 is 23.1 Å². The number of ether oxygens (including phenoxy) is 1. The molecule has 2 heterocycles. The molecule has 146 valence electrons. The summed E-state index contributed by atoms with van der Waals surface area (Å²) in [6.45, 7) is 13.4. The molecule has 0 saturated carbocycles. The molecule has 28 heavy (non-hydrogen) atoms. The highest BCUT2D eigenvalue weighted by atomic mass is 16.5. The maximum absolute atomic E-state index is 12.5. The smallest absolute Gasteiger partial charge is 0.251 e. The van der Waals surface area contributed by atoms with E-state index in [4.69, 9.17) is 10.5 Å². The lowest BCUT2D eigenvalue weighted by molar-refractivity contribution is 0.0957. The van der Waals surface area contributed by atoms with Gasteiger partial charge in [0.2, 0.25) is 5.82 Å². The van der Waals surface area contributed by atoms with Crippen LogP contribution in [0.25, 0.3) is 11.4 Å². The highest BCUT2D eigenvalue weighted by molar-refractivity contribution is 5.96. The number of hydrogen-bond acceptors (Lipinski definition) is 5. The van der Waals surface area contributed by atoms with E-state index in [1.807, 2.05) is 32.1 Å². The van der Waals surface area contributed by atoms with E-state index in [2.05, 4.69) is 28.6 Å². The van der Waals surface area contributed by atoms with Crippen molar-refractivity contribution in [1.82, 2.24) is 19.9 Å². The second-order valence-corrected chi connectivity index (χ2v) is 6.12. The van der Waals surface area contributed by atoms with Gasteiger partial charge in [0.25, 0.3) is 5.91 Å². The average molecular weight is 379 g/mol. The summed E-state index contributed by atoms with van der Waals surface area (Å²) in [6, 6.07) is 3.17. The molecule has 0 unspecified atom stereocenters. The van der Waals surface area contributed by atoms with E-state index in [9.17, 15) is 4.79 Å². The number of nitrogens with two attached hydrogens (primary N) is 1. The standard InChI is InChI=1S/C21H25N5O2/c1-6-8-9-10-14(3)13-23-21(27)17-11-18(22)26-19(12-17)24-20(25-26)16(5)28-15(4)7-2/h6-12H,1,5,13,22H2,2-4H3,(H,23,27)/b9-8-,14-10+,15-7-. The molecule has 0 radical (unpaired) electrons. The van der Waals surface area contributed by atoms with Crippen LogP contribution in [0.1, 0.15) is 37.0 Å². The fourth-order valence-electron chi connectivity index (χ4n) is 2.24. The number of aromatic nitrogens is 3. The SMILES string of the molecule is C=C/C=C\C=C(/C)CNC(=O)c1cc(N)n2nc(C(=C)O/C(C)=C\C)nc2c1. The highest BCUT2D eigenvalue weighted by Crippen LogP contribution is 2.18. The summed E-state index contributed by atoms with van der Waals surface area (Å²) < 4.78 is 6.97. The molecule has 1 amide bonds. The molecule has 0 saturated heterocycles. The molecule has 0 fully saturated rings. The number of fused-ring (bicyclic) bond motifs is 1. The van der Waals surface area contributed by atoms with Crippen molar-refractivity contribution in [3.05, 3.63) is 78.4 Å². The first kappa shape index (κ1) is 20.7. The largest absolute Gasteiger partial charge is 0.459 e. The molecule has 0 spiro atoms. The van der Waals surface area contributed by atoms with Crippen LogP contribution < -0.4 is 11.1 Å². The number of nitrogens with one attached hydrogen (secondary N) is 1. The van der Waals surface area contributed by atoms with E-state index < -0.39 is 0 Å². The van der Waals surface area contributed by atoms with Crippen LogP contribution in [0.3, 0.4) is 0 Å². The topological polar surface area (TPSA) is 94.5 Å². The van der Waals surface area contributed by atoms with Crippen LogP contribution in [0, 0.1) is 0 Å². The molecule has 0 atom stereocenters. The Balaban J connectivity index is 2.19. The summed E-state index contributed by atoms with van der Waals surface area (Å²) in [5.74, 6) is 1.33. The molecule has 2 aromatic rings. The van der Waals surface area contributed by atoms with Crippen LogP contribution in [0.5, 0.6) is 0 Å². The van der Waals surface area contributed by atoms with Crippen LogP contribution >= 0.6 is 0 Å². The Morgan fingerprint density at radius 3 is 2.79 bits per heavy atom. The maximum atomic E-state index is 12.5. The Morgan fingerprint density at radius 1 is 1.36 bits per heavy atom. The lowest BCUT2D eigenvalue weighted by atomic mass is 10.2. The minimum atomic E-state index is -0.251. The summed E-state index contributed by atoms with van der Waals surface area (Å²) in [7, 11) is 0. The van der Waals surface area contributed by atoms with Crippen molar-refractivity contribution in [1.29, 1.82) is 0 Å². The third kappa shape index (κ3) is 5.20. The predicted octanol–water partition coefficient (Wildman–Crippen LogP) is 3.64. The number of amides is 1. The van der Waals surface area contributed by atoms with Crippen molar-refractivity contribution in [2.75, 3.05) is 12.3 Å². The fraction of sp³-hybridized carbons (Fsp3) is 0.190. The zero-order valence-electron chi connectivity index (χ0n) is 16.4. The van der Waals surface area contributed by atoms with Gasteiger partial charge in [-0.05, 0) is 39.0 Å². The third-order valence-corrected chi connectivity index (χ3v) is 3.82. The first-order valence-corrected chi connectivity index (χ1v) is 8.75. The Bertz CT molecular complexity index is 996. The summed E-state index contributed by atoms with van der Waals surface area (Å²) in [5, 5.41) is 7.14. The van der Waals surface area contributed by atoms with E-state index in [0.717, 1.165) is 5.57 Å². The lowest BCUT2D eigenvalue weighted by Crippen LogP contribution is -2.25. The monoisotopic (exact) mass is 379 g/mol. The zero-order valence-corrected chi connectivity index (χ0v) is 16.4. The van der Waals surface area contributed by atoms with Gasteiger partial charge in [-0.3, -0.25) is 4.79 Å². The van der Waals surface area contributed by atoms with Crippen molar-refractivity contribution < 1.29 is 9.53 Å². The maximum Gasteiger partial charge on any atom is 0.251 e.